The highest BCUT2D eigenvalue weighted by molar-refractivity contribution is 5.91. The van der Waals surface area contributed by atoms with Crippen molar-refractivity contribution in [1.82, 2.24) is 10.6 Å². The molecular weight excluding hydrogens is 278 g/mol. The first-order valence-electron chi connectivity index (χ1n) is 7.01. The van der Waals surface area contributed by atoms with Crippen molar-refractivity contribution in [2.24, 2.45) is 0 Å². The van der Waals surface area contributed by atoms with Gasteiger partial charge in [0, 0.05) is 13.2 Å². The molecule has 1 aromatic rings. The van der Waals surface area contributed by atoms with E-state index in [0.29, 0.717) is 25.7 Å². The van der Waals surface area contributed by atoms with Crippen LogP contribution in [0.4, 0.5) is 5.88 Å². The molecule has 2 heterocycles. The van der Waals surface area contributed by atoms with E-state index in [1.165, 1.54) is 6.07 Å². The van der Waals surface area contributed by atoms with Crippen molar-refractivity contribution in [2.75, 3.05) is 26.2 Å². The van der Waals surface area contributed by atoms with E-state index in [1.807, 2.05) is 0 Å². The molecule has 8 heteroatoms. The van der Waals surface area contributed by atoms with Crippen LogP contribution in [0, 0.1) is 10.1 Å². The number of hydrogen-bond donors (Lipinski definition) is 2. The van der Waals surface area contributed by atoms with E-state index in [9.17, 15) is 14.9 Å². The lowest BCUT2D eigenvalue weighted by atomic mass is 10.1. The van der Waals surface area contributed by atoms with Crippen molar-refractivity contribution in [2.45, 2.75) is 25.4 Å². The topological polar surface area (TPSA) is 107 Å². The van der Waals surface area contributed by atoms with Gasteiger partial charge in [-0.1, -0.05) is 0 Å². The molecule has 2 N–H and O–H groups in total. The van der Waals surface area contributed by atoms with Gasteiger partial charge in [0.25, 0.3) is 5.91 Å². The lowest BCUT2D eigenvalue weighted by Gasteiger charge is -2.22. The smallest absolute Gasteiger partial charge is 0.395 e. The fourth-order valence-electron chi connectivity index (χ4n) is 2.12. The standard InChI is InChI=1S/C13H19N3O5/c17-13(11-2-3-12(21-11)16(18)19)15-6-1-9-20-10-4-7-14-8-5-10/h2-3,10,14H,1,4-9H2,(H,15,17). The summed E-state index contributed by atoms with van der Waals surface area (Å²) in [5.41, 5.74) is 0. The Morgan fingerprint density at radius 2 is 2.24 bits per heavy atom. The zero-order valence-corrected chi connectivity index (χ0v) is 11.7. The molecule has 0 atom stereocenters. The first-order valence-corrected chi connectivity index (χ1v) is 7.01. The average Bonchev–Trinajstić information content (AvgIpc) is 2.98. The molecule has 8 nitrogen and oxygen atoms in total. The second kappa shape index (κ2) is 7.75. The molecule has 0 saturated carbocycles. The molecule has 1 aliphatic heterocycles. The maximum Gasteiger partial charge on any atom is 0.433 e. The summed E-state index contributed by atoms with van der Waals surface area (Å²) >= 11 is 0. The summed E-state index contributed by atoms with van der Waals surface area (Å²) in [6, 6.07) is 2.45. The van der Waals surface area contributed by atoms with E-state index in [-0.39, 0.29) is 5.76 Å². The number of carbonyl (C=O) groups is 1. The summed E-state index contributed by atoms with van der Waals surface area (Å²) in [5.74, 6) is -0.944. The van der Waals surface area contributed by atoms with Gasteiger partial charge in [-0.2, -0.15) is 0 Å². The Labute approximate surface area is 122 Å². The minimum atomic E-state index is -0.677. The van der Waals surface area contributed by atoms with Gasteiger partial charge in [-0.05, 0) is 38.4 Å². The molecule has 1 aromatic heterocycles. The third-order valence-electron chi connectivity index (χ3n) is 3.24. The molecule has 1 aliphatic rings. The third-order valence-corrected chi connectivity index (χ3v) is 3.24. The predicted molar refractivity (Wildman–Crippen MR) is 74.2 cm³/mol. The number of nitro groups is 1. The van der Waals surface area contributed by atoms with Crippen molar-refractivity contribution in [3.63, 3.8) is 0 Å². The van der Waals surface area contributed by atoms with Gasteiger partial charge in [0.15, 0.2) is 5.76 Å². The summed E-state index contributed by atoms with van der Waals surface area (Å²) in [4.78, 5) is 21.4. The highest BCUT2D eigenvalue weighted by atomic mass is 16.6. The lowest BCUT2D eigenvalue weighted by molar-refractivity contribution is -0.402. The number of furan rings is 1. The molecule has 116 valence electrons. The molecule has 21 heavy (non-hydrogen) atoms. The van der Waals surface area contributed by atoms with Crippen LogP contribution >= 0.6 is 0 Å². The highest BCUT2D eigenvalue weighted by Crippen LogP contribution is 2.15. The lowest BCUT2D eigenvalue weighted by Crippen LogP contribution is -2.33. The van der Waals surface area contributed by atoms with Crippen LogP contribution in [-0.2, 0) is 4.74 Å². The van der Waals surface area contributed by atoms with Crippen LogP contribution in [0.15, 0.2) is 16.5 Å². The maximum absolute atomic E-state index is 11.7. The third kappa shape index (κ3) is 4.83. The molecule has 0 aromatic carbocycles. The second-order valence-corrected chi connectivity index (χ2v) is 4.82. The Bertz CT molecular complexity index is 482. The number of amides is 1. The average molecular weight is 297 g/mol. The van der Waals surface area contributed by atoms with Crippen LogP contribution in [0.3, 0.4) is 0 Å². The number of nitrogens with zero attached hydrogens (tertiary/aromatic N) is 1. The zero-order chi connectivity index (χ0) is 15.1. The van der Waals surface area contributed by atoms with Gasteiger partial charge < -0.3 is 19.8 Å². The number of hydrogen-bond acceptors (Lipinski definition) is 6. The molecule has 1 amide bonds. The largest absolute Gasteiger partial charge is 0.433 e. The minimum absolute atomic E-state index is 0.0547. The Kier molecular flexibility index (Phi) is 5.70. The quantitative estimate of drug-likeness (QED) is 0.443. The monoisotopic (exact) mass is 297 g/mol. The van der Waals surface area contributed by atoms with Crippen LogP contribution in [-0.4, -0.2) is 43.2 Å². The number of ether oxygens (including phenoxy) is 1. The molecular formula is C13H19N3O5. The van der Waals surface area contributed by atoms with Crippen LogP contribution in [0.25, 0.3) is 0 Å². The normalized spacial score (nSPS) is 15.8. The Morgan fingerprint density at radius 1 is 1.48 bits per heavy atom. The number of nitrogens with one attached hydrogen (secondary N) is 2. The second-order valence-electron chi connectivity index (χ2n) is 4.82. The molecule has 0 bridgehead atoms. The van der Waals surface area contributed by atoms with Crippen LogP contribution in [0.5, 0.6) is 0 Å². The van der Waals surface area contributed by atoms with Crippen molar-refractivity contribution in [1.29, 1.82) is 0 Å². The summed E-state index contributed by atoms with van der Waals surface area (Å²) in [6.45, 7) is 3.00. The molecule has 0 radical (unpaired) electrons. The first-order chi connectivity index (χ1) is 10.2. The molecule has 0 aliphatic carbocycles. The zero-order valence-electron chi connectivity index (χ0n) is 11.7. The fourth-order valence-corrected chi connectivity index (χ4v) is 2.12. The maximum atomic E-state index is 11.7. The number of piperidine rings is 1. The van der Waals surface area contributed by atoms with Crippen LogP contribution in [0.2, 0.25) is 0 Å². The van der Waals surface area contributed by atoms with Gasteiger partial charge in [-0.15, -0.1) is 0 Å². The minimum Gasteiger partial charge on any atom is -0.395 e. The van der Waals surface area contributed by atoms with E-state index in [4.69, 9.17) is 9.15 Å². The Morgan fingerprint density at radius 3 is 2.90 bits per heavy atom. The molecule has 2 rings (SSSR count). The van der Waals surface area contributed by atoms with E-state index < -0.39 is 16.7 Å². The van der Waals surface area contributed by atoms with Crippen molar-refractivity contribution in [3.8, 4) is 0 Å². The van der Waals surface area contributed by atoms with Crippen molar-refractivity contribution < 1.29 is 18.9 Å². The van der Waals surface area contributed by atoms with Gasteiger partial charge in [0.2, 0.25) is 0 Å². The van der Waals surface area contributed by atoms with Crippen molar-refractivity contribution >= 4 is 11.8 Å². The van der Waals surface area contributed by atoms with Gasteiger partial charge in [-0.25, -0.2) is 0 Å². The summed E-state index contributed by atoms with van der Waals surface area (Å²) in [5, 5.41) is 16.4. The Hall–Kier alpha value is -1.93. The summed E-state index contributed by atoms with van der Waals surface area (Å²) in [6.07, 6.45) is 3.03. The summed E-state index contributed by atoms with van der Waals surface area (Å²) < 4.78 is 10.5. The number of rotatable bonds is 7. The van der Waals surface area contributed by atoms with Crippen LogP contribution < -0.4 is 10.6 Å². The van der Waals surface area contributed by atoms with Crippen LogP contribution in [0.1, 0.15) is 29.8 Å². The van der Waals surface area contributed by atoms with E-state index in [0.717, 1.165) is 32.0 Å². The van der Waals surface area contributed by atoms with E-state index in [2.05, 4.69) is 10.6 Å². The van der Waals surface area contributed by atoms with Gasteiger partial charge in [0.05, 0.1) is 12.2 Å². The molecule has 0 spiro atoms. The summed E-state index contributed by atoms with van der Waals surface area (Å²) in [7, 11) is 0. The van der Waals surface area contributed by atoms with E-state index in [1.54, 1.807) is 0 Å². The van der Waals surface area contributed by atoms with Gasteiger partial charge in [-0.3, -0.25) is 14.9 Å². The Balaban J connectivity index is 1.61. The number of carbonyl (C=O) groups excluding carboxylic acids is 1. The van der Waals surface area contributed by atoms with Crippen molar-refractivity contribution in [3.05, 3.63) is 28.0 Å². The molecule has 1 saturated heterocycles. The highest BCUT2D eigenvalue weighted by Gasteiger charge is 2.17. The van der Waals surface area contributed by atoms with Gasteiger partial charge >= 0.3 is 5.88 Å². The fraction of sp³-hybridized carbons (Fsp3) is 0.615. The first kappa shape index (κ1) is 15.5. The molecule has 1 fully saturated rings. The predicted octanol–water partition coefficient (Wildman–Crippen LogP) is 1.08. The molecule has 0 unspecified atom stereocenters. The van der Waals surface area contributed by atoms with E-state index >= 15 is 0 Å². The SMILES string of the molecule is O=C(NCCCOC1CCNCC1)c1ccc([N+](=O)[O-])o1. The van der Waals surface area contributed by atoms with Gasteiger partial charge in [0.1, 0.15) is 4.92 Å².